The van der Waals surface area contributed by atoms with Crippen molar-refractivity contribution in [3.8, 4) is 5.75 Å². The average Bonchev–Trinajstić information content (AvgIpc) is 2.90. The lowest BCUT2D eigenvalue weighted by atomic mass is 9.97. The van der Waals surface area contributed by atoms with E-state index >= 15 is 0 Å². The van der Waals surface area contributed by atoms with Crippen LogP contribution in [0, 0.1) is 13.8 Å². The fraction of sp³-hybridized carbons (Fsp3) is 0.333. The maximum atomic E-state index is 6.63. The van der Waals surface area contributed by atoms with E-state index in [0.29, 0.717) is 0 Å². The summed E-state index contributed by atoms with van der Waals surface area (Å²) in [5.74, 6) is 1.02. The van der Waals surface area contributed by atoms with Crippen LogP contribution < -0.4 is 4.74 Å². The van der Waals surface area contributed by atoms with Crippen molar-refractivity contribution in [2.75, 3.05) is 6.61 Å². The standard InChI is InChI=1S/C18H19ClO/c1-12-3-4-13(2)16(9-12)11-17(19)14-5-6-18-15(10-14)7-8-20-18/h3-6,9-10,17H,7-8,11H2,1-2H3. The lowest BCUT2D eigenvalue weighted by Crippen LogP contribution is -1.99. The minimum absolute atomic E-state index is 0.0152. The van der Waals surface area contributed by atoms with Gasteiger partial charge in [0, 0.05) is 6.42 Å². The number of rotatable bonds is 3. The molecule has 0 saturated carbocycles. The minimum Gasteiger partial charge on any atom is -0.493 e. The molecule has 2 aromatic carbocycles. The van der Waals surface area contributed by atoms with Gasteiger partial charge >= 0.3 is 0 Å². The first-order chi connectivity index (χ1) is 9.63. The summed E-state index contributed by atoms with van der Waals surface area (Å²) in [6.07, 6.45) is 1.87. The van der Waals surface area contributed by atoms with E-state index in [-0.39, 0.29) is 5.38 Å². The van der Waals surface area contributed by atoms with Gasteiger partial charge in [-0.15, -0.1) is 11.6 Å². The Morgan fingerprint density at radius 2 is 2.00 bits per heavy atom. The highest BCUT2D eigenvalue weighted by atomic mass is 35.5. The van der Waals surface area contributed by atoms with Gasteiger partial charge in [0.2, 0.25) is 0 Å². The van der Waals surface area contributed by atoms with Crippen molar-refractivity contribution in [1.82, 2.24) is 0 Å². The molecule has 0 fully saturated rings. The average molecular weight is 287 g/mol. The molecule has 0 radical (unpaired) electrons. The zero-order chi connectivity index (χ0) is 14.1. The lowest BCUT2D eigenvalue weighted by Gasteiger charge is -2.13. The molecule has 1 heterocycles. The van der Waals surface area contributed by atoms with Crippen LogP contribution in [-0.2, 0) is 12.8 Å². The normalized spacial score (nSPS) is 14.8. The fourth-order valence-electron chi connectivity index (χ4n) is 2.73. The summed E-state index contributed by atoms with van der Waals surface area (Å²) < 4.78 is 5.54. The summed E-state index contributed by atoms with van der Waals surface area (Å²) in [4.78, 5) is 0. The second-order valence-electron chi connectivity index (χ2n) is 5.57. The van der Waals surface area contributed by atoms with E-state index in [2.05, 4.69) is 50.2 Å². The molecule has 0 bridgehead atoms. The summed E-state index contributed by atoms with van der Waals surface area (Å²) in [6, 6.07) is 12.9. The molecule has 1 aliphatic rings. The fourth-order valence-corrected chi connectivity index (χ4v) is 3.03. The summed E-state index contributed by atoms with van der Waals surface area (Å²) in [5.41, 5.74) is 6.41. The van der Waals surface area contributed by atoms with Gasteiger partial charge in [-0.05, 0) is 48.6 Å². The Kier molecular flexibility index (Phi) is 3.71. The molecule has 1 atom stereocenters. The molecule has 0 N–H and O–H groups in total. The molecular weight excluding hydrogens is 268 g/mol. The molecule has 104 valence electrons. The van der Waals surface area contributed by atoms with Gasteiger partial charge in [0.25, 0.3) is 0 Å². The van der Waals surface area contributed by atoms with Gasteiger partial charge in [0.1, 0.15) is 5.75 Å². The molecule has 0 spiro atoms. The van der Waals surface area contributed by atoms with Crippen LogP contribution in [0.25, 0.3) is 0 Å². The Bertz CT molecular complexity index is 633. The number of aryl methyl sites for hydroxylation is 2. The maximum absolute atomic E-state index is 6.63. The van der Waals surface area contributed by atoms with Gasteiger partial charge in [0.05, 0.1) is 12.0 Å². The molecule has 0 aromatic heterocycles. The third-order valence-electron chi connectivity index (χ3n) is 3.98. The molecular formula is C18H19ClO. The van der Waals surface area contributed by atoms with E-state index in [0.717, 1.165) is 25.2 Å². The predicted octanol–water partition coefficient (Wildman–Crippen LogP) is 4.76. The van der Waals surface area contributed by atoms with E-state index in [9.17, 15) is 0 Å². The number of halogens is 1. The Hall–Kier alpha value is -1.47. The van der Waals surface area contributed by atoms with Crippen LogP contribution in [0.1, 0.15) is 33.2 Å². The van der Waals surface area contributed by atoms with E-state index in [1.54, 1.807) is 0 Å². The van der Waals surface area contributed by atoms with E-state index in [4.69, 9.17) is 16.3 Å². The number of hydrogen-bond acceptors (Lipinski definition) is 1. The van der Waals surface area contributed by atoms with Crippen molar-refractivity contribution >= 4 is 11.6 Å². The van der Waals surface area contributed by atoms with Crippen molar-refractivity contribution in [3.05, 3.63) is 64.2 Å². The first kappa shape index (κ1) is 13.5. The Morgan fingerprint density at radius 3 is 2.85 bits per heavy atom. The van der Waals surface area contributed by atoms with E-state index < -0.39 is 0 Å². The van der Waals surface area contributed by atoms with Crippen molar-refractivity contribution < 1.29 is 4.74 Å². The van der Waals surface area contributed by atoms with Crippen LogP contribution in [0.3, 0.4) is 0 Å². The molecule has 20 heavy (non-hydrogen) atoms. The van der Waals surface area contributed by atoms with Crippen LogP contribution in [0.15, 0.2) is 36.4 Å². The molecule has 1 aliphatic heterocycles. The zero-order valence-electron chi connectivity index (χ0n) is 11.9. The predicted molar refractivity (Wildman–Crippen MR) is 83.9 cm³/mol. The maximum Gasteiger partial charge on any atom is 0.122 e. The SMILES string of the molecule is Cc1ccc(C)c(CC(Cl)c2ccc3c(c2)CCO3)c1. The Labute approximate surface area is 125 Å². The molecule has 0 saturated heterocycles. The first-order valence-corrected chi connectivity index (χ1v) is 7.53. The van der Waals surface area contributed by atoms with Crippen LogP contribution in [0.2, 0.25) is 0 Å². The van der Waals surface area contributed by atoms with Gasteiger partial charge in [-0.3, -0.25) is 0 Å². The van der Waals surface area contributed by atoms with Crippen LogP contribution in [0.4, 0.5) is 0 Å². The highest BCUT2D eigenvalue weighted by Crippen LogP contribution is 2.32. The summed E-state index contributed by atoms with van der Waals surface area (Å²) in [7, 11) is 0. The first-order valence-electron chi connectivity index (χ1n) is 7.09. The van der Waals surface area contributed by atoms with Crippen LogP contribution in [0.5, 0.6) is 5.75 Å². The molecule has 3 rings (SSSR count). The molecule has 0 amide bonds. The molecule has 1 unspecified atom stereocenters. The summed E-state index contributed by atoms with van der Waals surface area (Å²) in [6.45, 7) is 5.07. The molecule has 2 aromatic rings. The number of fused-ring (bicyclic) bond motifs is 1. The molecule has 1 nitrogen and oxygen atoms in total. The van der Waals surface area contributed by atoms with Crippen molar-refractivity contribution in [2.24, 2.45) is 0 Å². The van der Waals surface area contributed by atoms with Gasteiger partial charge in [0.15, 0.2) is 0 Å². The molecule has 2 heteroatoms. The third-order valence-corrected chi connectivity index (χ3v) is 4.39. The topological polar surface area (TPSA) is 9.23 Å². The quantitative estimate of drug-likeness (QED) is 0.739. The Morgan fingerprint density at radius 1 is 1.15 bits per heavy atom. The lowest BCUT2D eigenvalue weighted by molar-refractivity contribution is 0.357. The Balaban J connectivity index is 1.82. The van der Waals surface area contributed by atoms with Gasteiger partial charge in [-0.25, -0.2) is 0 Å². The highest BCUT2D eigenvalue weighted by Gasteiger charge is 2.16. The van der Waals surface area contributed by atoms with Crippen molar-refractivity contribution in [2.45, 2.75) is 32.1 Å². The van der Waals surface area contributed by atoms with Crippen molar-refractivity contribution in [1.29, 1.82) is 0 Å². The van der Waals surface area contributed by atoms with E-state index in [1.807, 2.05) is 0 Å². The number of ether oxygens (including phenoxy) is 1. The number of hydrogen-bond donors (Lipinski definition) is 0. The van der Waals surface area contributed by atoms with Crippen molar-refractivity contribution in [3.63, 3.8) is 0 Å². The second-order valence-corrected chi connectivity index (χ2v) is 6.09. The van der Waals surface area contributed by atoms with Gasteiger partial charge < -0.3 is 4.74 Å². The second kappa shape index (κ2) is 5.49. The van der Waals surface area contributed by atoms with Crippen LogP contribution in [-0.4, -0.2) is 6.61 Å². The third kappa shape index (κ3) is 2.69. The summed E-state index contributed by atoms with van der Waals surface area (Å²) >= 11 is 6.63. The highest BCUT2D eigenvalue weighted by molar-refractivity contribution is 6.21. The zero-order valence-corrected chi connectivity index (χ0v) is 12.7. The number of alkyl halides is 1. The monoisotopic (exact) mass is 286 g/mol. The molecule has 0 aliphatic carbocycles. The van der Waals surface area contributed by atoms with Crippen LogP contribution >= 0.6 is 11.6 Å². The van der Waals surface area contributed by atoms with Gasteiger partial charge in [-0.1, -0.05) is 35.9 Å². The van der Waals surface area contributed by atoms with Gasteiger partial charge in [-0.2, -0.15) is 0 Å². The number of benzene rings is 2. The summed E-state index contributed by atoms with van der Waals surface area (Å²) in [5, 5.41) is 0.0152. The van der Waals surface area contributed by atoms with E-state index in [1.165, 1.54) is 27.8 Å². The minimum atomic E-state index is 0.0152. The largest absolute Gasteiger partial charge is 0.493 e. The smallest absolute Gasteiger partial charge is 0.122 e.